The van der Waals surface area contributed by atoms with Crippen LogP contribution in [0.1, 0.15) is 56.6 Å². The molecule has 0 N–H and O–H groups in total. The number of piperidine rings is 1. The Morgan fingerprint density at radius 3 is 2.45 bits per heavy atom. The summed E-state index contributed by atoms with van der Waals surface area (Å²) in [5, 5.41) is 0. The van der Waals surface area contributed by atoms with E-state index in [1.807, 2.05) is 43.0 Å². The molecule has 0 saturated carbocycles. The van der Waals surface area contributed by atoms with Crippen molar-refractivity contribution in [1.29, 1.82) is 0 Å². The molecule has 2 aliphatic heterocycles. The first-order chi connectivity index (χ1) is 15.0. The van der Waals surface area contributed by atoms with E-state index in [2.05, 4.69) is 17.0 Å². The molecule has 1 saturated heterocycles. The number of fused-ring (bicyclic) bond motifs is 1. The summed E-state index contributed by atoms with van der Waals surface area (Å²) >= 11 is 0. The van der Waals surface area contributed by atoms with Gasteiger partial charge in [0.15, 0.2) is 0 Å². The van der Waals surface area contributed by atoms with E-state index in [-0.39, 0.29) is 23.2 Å². The minimum absolute atomic E-state index is 0.194. The van der Waals surface area contributed by atoms with Crippen LogP contribution in [0.15, 0.2) is 48.5 Å². The molecule has 1 amide bonds. The second-order valence-electron chi connectivity index (χ2n) is 8.90. The van der Waals surface area contributed by atoms with Crippen molar-refractivity contribution >= 4 is 5.91 Å². The lowest BCUT2D eigenvalue weighted by Gasteiger charge is -2.47. The maximum absolute atomic E-state index is 13.2. The van der Waals surface area contributed by atoms with Crippen molar-refractivity contribution in [2.24, 2.45) is 0 Å². The lowest BCUT2D eigenvalue weighted by Crippen LogP contribution is -2.50. The maximum Gasteiger partial charge on any atom is 0.223 e. The van der Waals surface area contributed by atoms with Gasteiger partial charge >= 0.3 is 0 Å². The zero-order chi connectivity index (χ0) is 21.8. The van der Waals surface area contributed by atoms with Crippen LogP contribution in [0.5, 0.6) is 5.75 Å². The second kappa shape index (κ2) is 9.39. The first-order valence-corrected chi connectivity index (χ1v) is 11.5. The normalized spacial score (nSPS) is 20.2. The molecule has 5 heteroatoms. The molecule has 0 bridgehead atoms. The SMILES string of the molecule is CCN(CC)C(=O)C[C@H]1CC2(CCN(Cc3ccc(F)cc3)CC2)Oc2ccccc21. The van der Waals surface area contributed by atoms with E-state index in [0.29, 0.717) is 6.42 Å². The van der Waals surface area contributed by atoms with Gasteiger partial charge in [-0.3, -0.25) is 9.69 Å². The average molecular weight is 425 g/mol. The highest BCUT2D eigenvalue weighted by molar-refractivity contribution is 5.77. The van der Waals surface area contributed by atoms with E-state index >= 15 is 0 Å². The van der Waals surface area contributed by atoms with Crippen LogP contribution in [0.4, 0.5) is 4.39 Å². The van der Waals surface area contributed by atoms with E-state index < -0.39 is 0 Å². The average Bonchev–Trinajstić information content (AvgIpc) is 2.78. The molecule has 1 fully saturated rings. The Bertz CT molecular complexity index is 887. The van der Waals surface area contributed by atoms with Gasteiger partial charge in [0.25, 0.3) is 0 Å². The van der Waals surface area contributed by atoms with Gasteiger partial charge < -0.3 is 9.64 Å². The molecule has 2 heterocycles. The molecule has 1 spiro atoms. The lowest BCUT2D eigenvalue weighted by molar-refractivity contribution is -0.131. The van der Waals surface area contributed by atoms with Gasteiger partial charge in [0.1, 0.15) is 17.2 Å². The largest absolute Gasteiger partial charge is 0.487 e. The molecular formula is C26H33FN2O2. The monoisotopic (exact) mass is 424 g/mol. The molecule has 166 valence electrons. The highest BCUT2D eigenvalue weighted by atomic mass is 19.1. The molecule has 2 aromatic rings. The number of amides is 1. The molecule has 0 aromatic heterocycles. The standard InChI is InChI=1S/C26H33FN2O2/c1-3-29(4-2)25(30)17-21-18-26(31-24-8-6-5-7-23(21)24)13-15-28(16-14-26)19-20-9-11-22(27)12-10-20/h5-12,21H,3-4,13-19H2,1-2H3/t21-/m0/s1. The van der Waals surface area contributed by atoms with Crippen molar-refractivity contribution in [2.75, 3.05) is 26.2 Å². The number of carbonyl (C=O) groups is 1. The van der Waals surface area contributed by atoms with Gasteiger partial charge in [-0.05, 0) is 62.4 Å². The fourth-order valence-electron chi connectivity index (χ4n) is 5.12. The summed E-state index contributed by atoms with van der Waals surface area (Å²) in [6.07, 6.45) is 3.32. The summed E-state index contributed by atoms with van der Waals surface area (Å²) in [5.41, 5.74) is 2.10. The smallest absolute Gasteiger partial charge is 0.223 e. The van der Waals surface area contributed by atoms with E-state index in [1.165, 1.54) is 17.7 Å². The Labute approximate surface area is 185 Å². The van der Waals surface area contributed by atoms with Gasteiger partial charge in [0.2, 0.25) is 5.91 Å². The third kappa shape index (κ3) is 4.93. The summed E-state index contributed by atoms with van der Waals surface area (Å²) in [4.78, 5) is 17.2. The van der Waals surface area contributed by atoms with Crippen LogP contribution >= 0.6 is 0 Å². The first kappa shape index (κ1) is 21.8. The maximum atomic E-state index is 13.2. The zero-order valence-electron chi connectivity index (χ0n) is 18.6. The van der Waals surface area contributed by atoms with Crippen LogP contribution < -0.4 is 4.74 Å². The minimum Gasteiger partial charge on any atom is -0.487 e. The summed E-state index contributed by atoms with van der Waals surface area (Å²) < 4.78 is 19.8. The van der Waals surface area contributed by atoms with Crippen molar-refractivity contribution in [2.45, 2.75) is 57.6 Å². The van der Waals surface area contributed by atoms with Gasteiger partial charge in [-0.15, -0.1) is 0 Å². The number of hydrogen-bond acceptors (Lipinski definition) is 3. The number of halogens is 1. The van der Waals surface area contributed by atoms with Gasteiger partial charge in [-0.2, -0.15) is 0 Å². The van der Waals surface area contributed by atoms with Crippen LogP contribution in [0.3, 0.4) is 0 Å². The first-order valence-electron chi connectivity index (χ1n) is 11.5. The van der Waals surface area contributed by atoms with E-state index in [9.17, 15) is 9.18 Å². The summed E-state index contributed by atoms with van der Waals surface area (Å²) in [6.45, 7) is 8.30. The van der Waals surface area contributed by atoms with Crippen molar-refractivity contribution in [1.82, 2.24) is 9.80 Å². The van der Waals surface area contributed by atoms with Crippen LogP contribution in [-0.2, 0) is 11.3 Å². The number of rotatable bonds is 6. The summed E-state index contributed by atoms with van der Waals surface area (Å²) in [6, 6.07) is 15.0. The third-order valence-corrected chi connectivity index (χ3v) is 6.93. The predicted octanol–water partition coefficient (Wildman–Crippen LogP) is 4.99. The number of ether oxygens (including phenoxy) is 1. The fourth-order valence-corrected chi connectivity index (χ4v) is 5.12. The van der Waals surface area contributed by atoms with Crippen molar-refractivity contribution in [3.05, 3.63) is 65.5 Å². The van der Waals surface area contributed by atoms with E-state index in [4.69, 9.17) is 4.74 Å². The highest BCUT2D eigenvalue weighted by Gasteiger charge is 2.43. The lowest BCUT2D eigenvalue weighted by atomic mass is 9.76. The van der Waals surface area contributed by atoms with Crippen LogP contribution in [0.2, 0.25) is 0 Å². The topological polar surface area (TPSA) is 32.8 Å². The molecule has 4 nitrogen and oxygen atoms in total. The number of para-hydroxylation sites is 1. The second-order valence-corrected chi connectivity index (χ2v) is 8.90. The third-order valence-electron chi connectivity index (χ3n) is 6.93. The Kier molecular flexibility index (Phi) is 6.61. The summed E-state index contributed by atoms with van der Waals surface area (Å²) in [7, 11) is 0. The van der Waals surface area contributed by atoms with Crippen molar-refractivity contribution < 1.29 is 13.9 Å². The number of nitrogens with zero attached hydrogens (tertiary/aromatic N) is 2. The van der Waals surface area contributed by atoms with Crippen molar-refractivity contribution in [3.8, 4) is 5.75 Å². The molecule has 0 aliphatic carbocycles. The van der Waals surface area contributed by atoms with Gasteiger partial charge in [0, 0.05) is 45.1 Å². The van der Waals surface area contributed by atoms with Gasteiger partial charge in [-0.25, -0.2) is 4.39 Å². The van der Waals surface area contributed by atoms with Gasteiger partial charge in [-0.1, -0.05) is 30.3 Å². The Morgan fingerprint density at radius 2 is 1.77 bits per heavy atom. The van der Waals surface area contributed by atoms with Crippen LogP contribution in [0, 0.1) is 5.82 Å². The molecule has 0 radical (unpaired) electrons. The molecule has 0 unspecified atom stereocenters. The number of carbonyl (C=O) groups excluding carboxylic acids is 1. The van der Waals surface area contributed by atoms with Crippen molar-refractivity contribution in [3.63, 3.8) is 0 Å². The predicted molar refractivity (Wildman–Crippen MR) is 121 cm³/mol. The van der Waals surface area contributed by atoms with E-state index in [0.717, 1.165) is 63.3 Å². The summed E-state index contributed by atoms with van der Waals surface area (Å²) in [5.74, 6) is 1.18. The molecular weight excluding hydrogens is 391 g/mol. The number of benzene rings is 2. The zero-order valence-corrected chi connectivity index (χ0v) is 18.6. The molecule has 1 atom stereocenters. The highest BCUT2D eigenvalue weighted by Crippen LogP contribution is 2.46. The van der Waals surface area contributed by atoms with Gasteiger partial charge in [0.05, 0.1) is 0 Å². The van der Waals surface area contributed by atoms with Crippen LogP contribution in [-0.4, -0.2) is 47.5 Å². The van der Waals surface area contributed by atoms with Crippen LogP contribution in [0.25, 0.3) is 0 Å². The quantitative estimate of drug-likeness (QED) is 0.655. The Hall–Kier alpha value is -2.40. The molecule has 31 heavy (non-hydrogen) atoms. The molecule has 4 rings (SSSR count). The number of hydrogen-bond donors (Lipinski definition) is 0. The Balaban J connectivity index is 1.45. The Morgan fingerprint density at radius 1 is 1.10 bits per heavy atom. The molecule has 2 aromatic carbocycles. The minimum atomic E-state index is -0.206. The van der Waals surface area contributed by atoms with E-state index in [1.54, 1.807) is 0 Å². The number of likely N-dealkylation sites (tertiary alicyclic amines) is 1. The fraction of sp³-hybridized carbons (Fsp3) is 0.500. The molecule has 2 aliphatic rings.